The number of para-hydroxylation sites is 2. The van der Waals surface area contributed by atoms with E-state index in [0.717, 1.165) is 0 Å². The summed E-state index contributed by atoms with van der Waals surface area (Å²) in [7, 11) is 0. The summed E-state index contributed by atoms with van der Waals surface area (Å²) in [6, 6.07) is 13.7. The fourth-order valence-electron chi connectivity index (χ4n) is 1.36. The molecule has 0 saturated carbocycles. The van der Waals surface area contributed by atoms with E-state index in [4.69, 9.17) is 39.2 Å². The van der Waals surface area contributed by atoms with Crippen molar-refractivity contribution in [1.29, 1.82) is 0 Å². The van der Waals surface area contributed by atoms with E-state index < -0.39 is 0 Å². The zero-order valence-corrected chi connectivity index (χ0v) is 11.6. The number of ether oxygens (including phenoxy) is 2. The molecule has 0 aliphatic carbocycles. The van der Waals surface area contributed by atoms with Gasteiger partial charge in [0, 0.05) is 0 Å². The van der Waals surface area contributed by atoms with E-state index in [9.17, 15) is 0 Å². The van der Waals surface area contributed by atoms with Crippen LogP contribution in [0.5, 0.6) is 11.5 Å². The van der Waals surface area contributed by atoms with Crippen molar-refractivity contribution in [3.8, 4) is 11.5 Å². The Kier molecular flexibility index (Phi) is 4.83. The molecule has 0 aromatic heterocycles. The lowest BCUT2D eigenvalue weighted by Gasteiger charge is -2.09. The van der Waals surface area contributed by atoms with Gasteiger partial charge in [0.1, 0.15) is 5.75 Å². The second kappa shape index (κ2) is 6.80. The predicted molar refractivity (Wildman–Crippen MR) is 78.2 cm³/mol. The topological polar surface area (TPSA) is 35.2 Å². The van der Waals surface area contributed by atoms with Gasteiger partial charge >= 0.3 is 6.08 Å². The lowest BCUT2D eigenvalue weighted by atomic mass is 10.3. The first-order chi connectivity index (χ1) is 9.70. The van der Waals surface area contributed by atoms with Crippen molar-refractivity contribution >= 4 is 29.3 Å². The fourth-order valence-corrected chi connectivity index (χ4v) is 1.83. The first-order valence-corrected chi connectivity index (χ1v) is 6.25. The molecule has 2 aromatic rings. The molecule has 0 fully saturated rings. The van der Waals surface area contributed by atoms with Gasteiger partial charge in [-0.05, 0) is 24.3 Å². The van der Waals surface area contributed by atoms with Gasteiger partial charge in [0.2, 0.25) is 0 Å². The maximum absolute atomic E-state index is 6.78. The summed E-state index contributed by atoms with van der Waals surface area (Å²) >= 11 is 12.0. The van der Waals surface area contributed by atoms with E-state index in [2.05, 4.69) is 10.1 Å². The monoisotopic (exact) mass is 306 g/mol. The Bertz CT molecular complexity index is 646. The van der Waals surface area contributed by atoms with Crippen LogP contribution in [0.1, 0.15) is 0 Å². The Morgan fingerprint density at radius 2 is 1.60 bits per heavy atom. The van der Waals surface area contributed by atoms with E-state index in [1.54, 1.807) is 42.5 Å². The third-order valence-electron chi connectivity index (χ3n) is 2.19. The molecule has 0 amide bonds. The molecule has 100 valence electrons. The Morgan fingerprint density at radius 3 is 2.20 bits per heavy atom. The van der Waals surface area contributed by atoms with Gasteiger partial charge in [-0.2, -0.15) is 6.57 Å². The number of hydrogen-bond acceptors (Lipinski definition) is 3. The molecule has 0 heterocycles. The van der Waals surface area contributed by atoms with E-state index >= 15 is 0 Å². The smallest absolute Gasteiger partial charge is 0.407 e. The Hall–Kier alpha value is -2.22. The molecule has 20 heavy (non-hydrogen) atoms. The molecule has 0 aliphatic rings. The second-order valence-corrected chi connectivity index (χ2v) is 4.35. The highest BCUT2D eigenvalue weighted by molar-refractivity contribution is 6.37. The first kappa shape index (κ1) is 14.2. The molecule has 0 atom stereocenters. The molecule has 0 unspecified atom stereocenters. The highest BCUT2D eigenvalue weighted by Gasteiger charge is 2.15. The zero-order valence-electron chi connectivity index (χ0n) is 10.1. The molecule has 4 nitrogen and oxygen atoms in total. The first-order valence-electron chi connectivity index (χ1n) is 5.50. The van der Waals surface area contributed by atoms with Crippen molar-refractivity contribution < 1.29 is 9.47 Å². The van der Waals surface area contributed by atoms with Crippen LogP contribution in [0.15, 0.2) is 53.6 Å². The SMILES string of the molecule is [C-]#[N+]/N=C(/Oc1ccccc1)Oc1c(Cl)cccc1Cl. The van der Waals surface area contributed by atoms with Crippen LogP contribution < -0.4 is 9.47 Å². The Morgan fingerprint density at radius 1 is 0.950 bits per heavy atom. The van der Waals surface area contributed by atoms with Crippen molar-refractivity contribution in [2.45, 2.75) is 0 Å². The van der Waals surface area contributed by atoms with Crippen LogP contribution in [0.4, 0.5) is 0 Å². The van der Waals surface area contributed by atoms with E-state index in [-0.39, 0.29) is 11.8 Å². The Labute approximate surface area is 126 Å². The minimum atomic E-state index is -0.249. The fraction of sp³-hybridized carbons (Fsp3) is 0. The van der Waals surface area contributed by atoms with Crippen molar-refractivity contribution in [1.82, 2.24) is 0 Å². The van der Waals surface area contributed by atoms with E-state index in [1.807, 2.05) is 6.07 Å². The standard InChI is InChI=1S/C14H8Cl2N2O2/c1-17-18-14(19-10-6-3-2-4-7-10)20-13-11(15)8-5-9-12(13)16/h2-9H/b18-14-. The number of rotatable bonds is 2. The molecule has 0 aliphatic heterocycles. The van der Waals surface area contributed by atoms with Gasteiger partial charge in [0.05, 0.1) is 10.0 Å². The highest BCUT2D eigenvalue weighted by atomic mass is 35.5. The van der Waals surface area contributed by atoms with Crippen LogP contribution in [0.25, 0.3) is 4.95 Å². The summed E-state index contributed by atoms with van der Waals surface area (Å²) in [5.74, 6) is 0.673. The predicted octanol–water partition coefficient (Wildman–Crippen LogP) is 4.64. The lowest BCUT2D eigenvalue weighted by molar-refractivity contribution is 0.385. The van der Waals surface area contributed by atoms with Gasteiger partial charge in [-0.1, -0.05) is 47.5 Å². The van der Waals surface area contributed by atoms with Crippen LogP contribution >= 0.6 is 23.2 Å². The molecular weight excluding hydrogens is 299 g/mol. The maximum Gasteiger partial charge on any atom is 0.475 e. The third-order valence-corrected chi connectivity index (χ3v) is 2.78. The van der Waals surface area contributed by atoms with Crippen LogP contribution in [-0.2, 0) is 0 Å². The van der Waals surface area contributed by atoms with Gasteiger partial charge in [0.25, 0.3) is 0 Å². The molecule has 2 aromatic carbocycles. The van der Waals surface area contributed by atoms with Crippen LogP contribution in [0.2, 0.25) is 10.0 Å². The minimum absolute atomic E-state index is 0.189. The van der Waals surface area contributed by atoms with E-state index in [1.165, 1.54) is 0 Å². The normalized spacial score (nSPS) is 10.8. The molecular formula is C14H8Cl2N2O2. The minimum Gasteiger partial charge on any atom is -0.407 e. The van der Waals surface area contributed by atoms with Gasteiger partial charge < -0.3 is 9.47 Å². The van der Waals surface area contributed by atoms with Crippen molar-refractivity contribution in [3.05, 3.63) is 70.1 Å². The maximum atomic E-state index is 6.78. The summed E-state index contributed by atoms with van der Waals surface area (Å²) in [5.41, 5.74) is 0. The number of hydrogen-bond donors (Lipinski definition) is 0. The average Bonchev–Trinajstić information content (AvgIpc) is 2.44. The number of benzene rings is 2. The van der Waals surface area contributed by atoms with Gasteiger partial charge in [-0.15, -0.1) is 4.95 Å². The van der Waals surface area contributed by atoms with Crippen LogP contribution in [-0.4, -0.2) is 6.08 Å². The molecule has 6 heteroatoms. The van der Waals surface area contributed by atoms with Crippen LogP contribution in [0, 0.1) is 6.57 Å². The third kappa shape index (κ3) is 3.64. The summed E-state index contributed by atoms with van der Waals surface area (Å²) in [6.07, 6.45) is -0.249. The Balaban J connectivity index is 2.23. The molecule has 0 N–H and O–H groups in total. The van der Waals surface area contributed by atoms with Gasteiger partial charge in [0.15, 0.2) is 10.9 Å². The average molecular weight is 307 g/mol. The summed E-state index contributed by atoms with van der Waals surface area (Å²) in [4.78, 5) is 2.89. The van der Waals surface area contributed by atoms with Crippen LogP contribution in [0.3, 0.4) is 0 Å². The zero-order chi connectivity index (χ0) is 14.4. The summed E-state index contributed by atoms with van der Waals surface area (Å²) in [5, 5.41) is 4.04. The quantitative estimate of drug-likeness (QED) is 0.350. The molecule has 2 rings (SSSR count). The van der Waals surface area contributed by atoms with Crippen molar-refractivity contribution in [2.75, 3.05) is 0 Å². The van der Waals surface area contributed by atoms with Gasteiger partial charge in [-0.3, -0.25) is 0 Å². The highest BCUT2D eigenvalue weighted by Crippen LogP contribution is 2.32. The second-order valence-electron chi connectivity index (χ2n) is 3.53. The van der Waals surface area contributed by atoms with E-state index in [0.29, 0.717) is 15.8 Å². The molecule has 0 bridgehead atoms. The van der Waals surface area contributed by atoms with Crippen molar-refractivity contribution in [2.24, 2.45) is 5.10 Å². The largest absolute Gasteiger partial charge is 0.475 e. The molecule has 0 spiro atoms. The number of halogens is 2. The number of nitrogens with zero attached hydrogens (tertiary/aromatic N) is 2. The summed E-state index contributed by atoms with van der Waals surface area (Å²) < 4.78 is 10.7. The molecule has 0 saturated heterocycles. The van der Waals surface area contributed by atoms with Crippen molar-refractivity contribution in [3.63, 3.8) is 0 Å². The van der Waals surface area contributed by atoms with Gasteiger partial charge in [-0.25, -0.2) is 0 Å². The lowest BCUT2D eigenvalue weighted by Crippen LogP contribution is -2.16. The molecule has 0 radical (unpaired) electrons. The summed E-state index contributed by atoms with van der Waals surface area (Å²) in [6.45, 7) is 6.78.